The van der Waals surface area contributed by atoms with Crippen LogP contribution in [-0.4, -0.2) is 13.1 Å². The Bertz CT molecular complexity index is 1050. The van der Waals surface area contributed by atoms with Crippen LogP contribution in [-0.2, 0) is 4.79 Å². The Hall–Kier alpha value is -3.07. The van der Waals surface area contributed by atoms with Gasteiger partial charge in [0.1, 0.15) is 11.5 Å². The van der Waals surface area contributed by atoms with Gasteiger partial charge in [-0.25, -0.2) is 0 Å². The fourth-order valence-electron chi connectivity index (χ4n) is 5.33. The summed E-state index contributed by atoms with van der Waals surface area (Å²) < 4.78 is 11.9. The van der Waals surface area contributed by atoms with Crippen molar-refractivity contribution < 1.29 is 14.3 Å². The maximum atomic E-state index is 13.6. The number of carbonyl (C=O) groups excluding carboxylic acids is 1. The summed E-state index contributed by atoms with van der Waals surface area (Å²) in [6.45, 7) is 0. The number of esters is 1. The molecule has 1 unspecified atom stereocenters. The van der Waals surface area contributed by atoms with Gasteiger partial charge in [-0.2, -0.15) is 0 Å². The molecule has 0 radical (unpaired) electrons. The number of ether oxygens (including phenoxy) is 2. The summed E-state index contributed by atoms with van der Waals surface area (Å²) >= 11 is 0. The first-order valence-electron chi connectivity index (χ1n) is 10.8. The maximum Gasteiger partial charge on any atom is 0.318 e. The van der Waals surface area contributed by atoms with Crippen LogP contribution in [0.1, 0.15) is 49.1 Å². The van der Waals surface area contributed by atoms with Crippen LogP contribution in [0, 0.1) is 5.41 Å². The van der Waals surface area contributed by atoms with E-state index in [1.807, 2.05) is 42.5 Å². The topological polar surface area (TPSA) is 35.5 Å². The van der Waals surface area contributed by atoms with Crippen molar-refractivity contribution in [1.29, 1.82) is 0 Å². The summed E-state index contributed by atoms with van der Waals surface area (Å²) in [7, 11) is 1.69. The average molecular weight is 399 g/mol. The molecule has 0 saturated heterocycles. The van der Waals surface area contributed by atoms with E-state index in [1.165, 1.54) is 12.0 Å². The highest BCUT2D eigenvalue weighted by atomic mass is 16.5. The van der Waals surface area contributed by atoms with Gasteiger partial charge in [-0.3, -0.25) is 4.79 Å². The molecule has 0 bridgehead atoms. The molecule has 1 saturated carbocycles. The normalized spacial score (nSPS) is 19.8. The minimum absolute atomic E-state index is 0.0344. The van der Waals surface area contributed by atoms with E-state index in [9.17, 15) is 4.79 Å². The molecule has 3 nitrogen and oxygen atoms in total. The molecule has 0 aromatic heterocycles. The number of carbonyl (C=O) groups is 1. The number of hydrogen-bond acceptors (Lipinski definition) is 3. The van der Waals surface area contributed by atoms with Gasteiger partial charge in [0.15, 0.2) is 0 Å². The van der Waals surface area contributed by atoms with Gasteiger partial charge in [-0.05, 0) is 36.1 Å². The highest BCUT2D eigenvalue weighted by Gasteiger charge is 2.53. The smallest absolute Gasteiger partial charge is 0.318 e. The van der Waals surface area contributed by atoms with E-state index in [2.05, 4.69) is 30.3 Å². The van der Waals surface area contributed by atoms with Crippen LogP contribution in [0.4, 0.5) is 0 Å². The molecule has 3 heteroatoms. The Morgan fingerprint density at radius 2 is 1.57 bits per heavy atom. The number of hydrogen-bond donors (Lipinski definition) is 0. The van der Waals surface area contributed by atoms with E-state index in [-0.39, 0.29) is 11.9 Å². The van der Waals surface area contributed by atoms with Crippen LogP contribution in [0.25, 0.3) is 11.1 Å². The first-order valence-corrected chi connectivity index (χ1v) is 10.8. The second-order valence-electron chi connectivity index (χ2n) is 8.41. The lowest BCUT2D eigenvalue weighted by Crippen LogP contribution is -2.45. The quantitative estimate of drug-likeness (QED) is 0.380. The zero-order valence-corrected chi connectivity index (χ0v) is 17.3. The summed E-state index contributed by atoms with van der Waals surface area (Å²) in [5, 5.41) is 0. The number of rotatable bonds is 3. The summed E-state index contributed by atoms with van der Waals surface area (Å²) in [5.74, 6) is 1.35. The third-order valence-corrected chi connectivity index (χ3v) is 6.76. The van der Waals surface area contributed by atoms with E-state index >= 15 is 0 Å². The van der Waals surface area contributed by atoms with Gasteiger partial charge in [0.2, 0.25) is 0 Å². The second-order valence-corrected chi connectivity index (χ2v) is 8.41. The average Bonchev–Trinajstić information content (AvgIpc) is 2.81. The molecular weight excluding hydrogens is 372 g/mol. The third-order valence-electron chi connectivity index (χ3n) is 6.76. The third kappa shape index (κ3) is 3.00. The van der Waals surface area contributed by atoms with Gasteiger partial charge in [0.05, 0.1) is 12.5 Å². The van der Waals surface area contributed by atoms with Crippen molar-refractivity contribution in [2.75, 3.05) is 7.11 Å². The largest absolute Gasteiger partial charge is 0.497 e. The summed E-state index contributed by atoms with van der Waals surface area (Å²) in [4.78, 5) is 13.6. The molecule has 5 rings (SSSR count). The van der Waals surface area contributed by atoms with Gasteiger partial charge in [0, 0.05) is 17.0 Å². The maximum absolute atomic E-state index is 13.6. The zero-order valence-electron chi connectivity index (χ0n) is 17.3. The van der Waals surface area contributed by atoms with Gasteiger partial charge in [0.25, 0.3) is 0 Å². The number of methoxy groups -OCH3 is 1. The summed E-state index contributed by atoms with van der Waals surface area (Å²) in [6.07, 6.45) is 5.02. The Morgan fingerprint density at radius 1 is 0.900 bits per heavy atom. The Morgan fingerprint density at radius 3 is 2.23 bits per heavy atom. The minimum Gasteiger partial charge on any atom is -0.497 e. The highest BCUT2D eigenvalue weighted by Crippen LogP contribution is 2.58. The number of benzene rings is 3. The summed E-state index contributed by atoms with van der Waals surface area (Å²) in [5.41, 5.74) is 3.65. The molecule has 152 valence electrons. The zero-order chi connectivity index (χ0) is 20.6. The molecule has 2 aliphatic rings. The second kappa shape index (κ2) is 7.64. The molecule has 1 aliphatic carbocycles. The monoisotopic (exact) mass is 398 g/mol. The predicted molar refractivity (Wildman–Crippen MR) is 118 cm³/mol. The highest BCUT2D eigenvalue weighted by molar-refractivity contribution is 5.89. The van der Waals surface area contributed by atoms with E-state index in [0.29, 0.717) is 5.75 Å². The summed E-state index contributed by atoms with van der Waals surface area (Å²) in [6, 6.07) is 24.6. The van der Waals surface area contributed by atoms with Crippen LogP contribution >= 0.6 is 0 Å². The molecule has 3 aromatic rings. The molecular formula is C27H26O3. The standard InChI is InChI=1S/C27H26O3/c1-29-21-17-22(19-11-5-2-6-12-19)25-23(18-21)24(20-13-7-3-8-14-20)27(26(28)30-25)15-9-4-10-16-27/h2-3,5-8,11-14,17-18,24H,4,9-10,15-16H2,1H3. The lowest BCUT2D eigenvalue weighted by atomic mass is 9.60. The van der Waals surface area contributed by atoms with Crippen LogP contribution in [0.2, 0.25) is 0 Å². The molecule has 1 spiro atoms. The van der Waals surface area contributed by atoms with Crippen LogP contribution in [0.15, 0.2) is 72.8 Å². The Labute approximate surface area is 177 Å². The van der Waals surface area contributed by atoms with E-state index in [4.69, 9.17) is 9.47 Å². The molecule has 0 N–H and O–H groups in total. The Balaban J connectivity index is 1.78. The van der Waals surface area contributed by atoms with Crippen molar-refractivity contribution >= 4 is 5.97 Å². The molecule has 30 heavy (non-hydrogen) atoms. The molecule has 1 atom stereocenters. The van der Waals surface area contributed by atoms with Gasteiger partial charge < -0.3 is 9.47 Å². The number of fused-ring (bicyclic) bond motifs is 1. The first-order chi connectivity index (χ1) is 14.7. The van der Waals surface area contributed by atoms with Crippen molar-refractivity contribution in [2.24, 2.45) is 5.41 Å². The molecule has 1 heterocycles. The SMILES string of the molecule is COc1cc(-c2ccccc2)c2c(c1)C(c1ccccc1)C1(CCCCC1)C(=O)O2. The lowest BCUT2D eigenvalue weighted by molar-refractivity contribution is -0.151. The van der Waals surface area contributed by atoms with Crippen LogP contribution in [0.5, 0.6) is 11.5 Å². The lowest BCUT2D eigenvalue weighted by Gasteiger charge is -2.45. The molecule has 3 aromatic carbocycles. The van der Waals surface area contributed by atoms with E-state index < -0.39 is 5.41 Å². The van der Waals surface area contributed by atoms with Gasteiger partial charge in [-0.15, -0.1) is 0 Å². The van der Waals surface area contributed by atoms with Crippen molar-refractivity contribution in [3.8, 4) is 22.6 Å². The van der Waals surface area contributed by atoms with Crippen molar-refractivity contribution in [2.45, 2.75) is 38.0 Å². The van der Waals surface area contributed by atoms with Crippen LogP contribution in [0.3, 0.4) is 0 Å². The van der Waals surface area contributed by atoms with Crippen molar-refractivity contribution in [3.63, 3.8) is 0 Å². The minimum atomic E-state index is -0.507. The van der Waals surface area contributed by atoms with Crippen molar-refractivity contribution in [1.82, 2.24) is 0 Å². The molecule has 1 fully saturated rings. The fraction of sp³-hybridized carbons (Fsp3) is 0.296. The van der Waals surface area contributed by atoms with Crippen molar-refractivity contribution in [3.05, 3.63) is 83.9 Å². The molecule has 1 aliphatic heterocycles. The van der Waals surface area contributed by atoms with E-state index in [1.54, 1.807) is 7.11 Å². The van der Waals surface area contributed by atoms with Crippen LogP contribution < -0.4 is 9.47 Å². The van der Waals surface area contributed by atoms with Gasteiger partial charge >= 0.3 is 5.97 Å². The first kappa shape index (κ1) is 18.9. The van der Waals surface area contributed by atoms with E-state index in [0.717, 1.165) is 48.1 Å². The molecule has 0 amide bonds. The predicted octanol–water partition coefficient (Wildman–Crippen LogP) is 6.36. The fourth-order valence-corrected chi connectivity index (χ4v) is 5.33. The Kier molecular flexibility index (Phi) is 4.82. The van der Waals surface area contributed by atoms with Gasteiger partial charge in [-0.1, -0.05) is 79.9 Å².